The zero-order valence-corrected chi connectivity index (χ0v) is 9.57. The highest BCUT2D eigenvalue weighted by molar-refractivity contribution is 5.07. The Hall–Kier alpha value is -2.13. The maximum absolute atomic E-state index is 12.6. The molecule has 0 atom stereocenters. The highest BCUT2D eigenvalue weighted by Gasteiger charge is 2.43. The largest absolute Gasteiger partial charge is 0.453 e. The second-order valence-corrected chi connectivity index (χ2v) is 3.73. The van der Waals surface area contributed by atoms with Crippen molar-refractivity contribution in [2.45, 2.75) is 18.9 Å². The predicted molar refractivity (Wildman–Crippen MR) is 53.4 cm³/mol. The van der Waals surface area contributed by atoms with Gasteiger partial charge in [-0.15, -0.1) is 5.10 Å². The van der Waals surface area contributed by atoms with Crippen molar-refractivity contribution < 1.29 is 26.3 Å². The second kappa shape index (κ2) is 4.76. The van der Waals surface area contributed by atoms with Crippen molar-refractivity contribution in [3.05, 3.63) is 41.7 Å². The summed E-state index contributed by atoms with van der Waals surface area (Å²) in [7, 11) is 0. The standard InChI is InChI=1S/C10H6F6N4/c11-9(12,13)7-18-8(10(14,15)16)20(19-7)5-6-3-1-2-4-17-6/h1-4H,5H2. The van der Waals surface area contributed by atoms with E-state index in [1.54, 1.807) is 0 Å². The molecule has 108 valence electrons. The molecule has 2 rings (SSSR count). The summed E-state index contributed by atoms with van der Waals surface area (Å²) in [5.41, 5.74) is 0.136. The van der Waals surface area contributed by atoms with Crippen LogP contribution in [0.1, 0.15) is 17.3 Å². The minimum Gasteiger partial charge on any atom is -0.259 e. The third kappa shape index (κ3) is 3.06. The Bertz CT molecular complexity index is 586. The minimum absolute atomic E-state index is 0.136. The van der Waals surface area contributed by atoms with E-state index in [0.29, 0.717) is 0 Å². The van der Waals surface area contributed by atoms with Crippen LogP contribution < -0.4 is 0 Å². The molecule has 0 fully saturated rings. The van der Waals surface area contributed by atoms with E-state index in [-0.39, 0.29) is 10.4 Å². The number of hydrogen-bond acceptors (Lipinski definition) is 3. The summed E-state index contributed by atoms with van der Waals surface area (Å²) < 4.78 is 75.2. The topological polar surface area (TPSA) is 43.6 Å². The number of halogens is 6. The molecule has 2 aromatic rings. The van der Waals surface area contributed by atoms with Crippen molar-refractivity contribution in [2.24, 2.45) is 0 Å². The summed E-state index contributed by atoms with van der Waals surface area (Å²) in [5, 5.41) is 2.86. The van der Waals surface area contributed by atoms with Crippen molar-refractivity contribution >= 4 is 0 Å². The van der Waals surface area contributed by atoms with Crippen LogP contribution in [-0.2, 0) is 18.9 Å². The molecule has 20 heavy (non-hydrogen) atoms. The lowest BCUT2D eigenvalue weighted by atomic mass is 10.3. The molecule has 0 unspecified atom stereocenters. The molecule has 0 saturated carbocycles. The van der Waals surface area contributed by atoms with Gasteiger partial charge in [-0.3, -0.25) is 4.98 Å². The molecule has 2 aromatic heterocycles. The molecular formula is C10H6F6N4. The van der Waals surface area contributed by atoms with Gasteiger partial charge in [-0.2, -0.15) is 31.3 Å². The lowest BCUT2D eigenvalue weighted by Crippen LogP contribution is -2.17. The van der Waals surface area contributed by atoms with Crippen molar-refractivity contribution in [3.63, 3.8) is 0 Å². The van der Waals surface area contributed by atoms with E-state index in [4.69, 9.17) is 0 Å². The number of aromatic nitrogens is 4. The maximum atomic E-state index is 12.6. The molecule has 0 spiro atoms. The fourth-order valence-corrected chi connectivity index (χ4v) is 1.43. The van der Waals surface area contributed by atoms with Crippen molar-refractivity contribution in [2.75, 3.05) is 0 Å². The van der Waals surface area contributed by atoms with Crippen LogP contribution in [0.4, 0.5) is 26.3 Å². The fourth-order valence-electron chi connectivity index (χ4n) is 1.43. The summed E-state index contributed by atoms with van der Waals surface area (Å²) in [4.78, 5) is 6.25. The zero-order chi connectivity index (χ0) is 15.0. The maximum Gasteiger partial charge on any atom is 0.453 e. The third-order valence-electron chi connectivity index (χ3n) is 2.22. The van der Waals surface area contributed by atoms with Crippen molar-refractivity contribution in [1.82, 2.24) is 19.7 Å². The minimum atomic E-state index is -5.05. The van der Waals surface area contributed by atoms with E-state index >= 15 is 0 Å². The van der Waals surface area contributed by atoms with Gasteiger partial charge in [0.15, 0.2) is 0 Å². The fraction of sp³-hybridized carbons (Fsp3) is 0.300. The molecule has 0 aliphatic carbocycles. The van der Waals surface area contributed by atoms with E-state index in [1.165, 1.54) is 24.4 Å². The van der Waals surface area contributed by atoms with Crippen LogP contribution >= 0.6 is 0 Å². The Morgan fingerprint density at radius 2 is 1.70 bits per heavy atom. The van der Waals surface area contributed by atoms with Crippen LogP contribution in [0.2, 0.25) is 0 Å². The first-order chi connectivity index (χ1) is 9.18. The molecule has 0 aromatic carbocycles. The summed E-state index contributed by atoms with van der Waals surface area (Å²) in [6.45, 7) is -0.557. The van der Waals surface area contributed by atoms with Crippen LogP contribution in [-0.4, -0.2) is 19.7 Å². The highest BCUT2D eigenvalue weighted by atomic mass is 19.4. The normalized spacial score (nSPS) is 12.7. The lowest BCUT2D eigenvalue weighted by molar-refractivity contribution is -0.150. The molecule has 0 radical (unpaired) electrons. The van der Waals surface area contributed by atoms with Gasteiger partial charge in [0, 0.05) is 6.20 Å². The van der Waals surface area contributed by atoms with Gasteiger partial charge in [0.25, 0.3) is 5.82 Å². The Morgan fingerprint density at radius 3 is 2.20 bits per heavy atom. The average molecular weight is 296 g/mol. The second-order valence-electron chi connectivity index (χ2n) is 3.73. The number of nitrogens with zero attached hydrogens (tertiary/aromatic N) is 4. The van der Waals surface area contributed by atoms with E-state index in [1.807, 2.05) is 0 Å². The smallest absolute Gasteiger partial charge is 0.259 e. The van der Waals surface area contributed by atoms with Crippen LogP contribution in [0.5, 0.6) is 0 Å². The highest BCUT2D eigenvalue weighted by Crippen LogP contribution is 2.32. The summed E-state index contributed by atoms with van der Waals surface area (Å²) >= 11 is 0. The van der Waals surface area contributed by atoms with Gasteiger partial charge in [-0.05, 0) is 12.1 Å². The van der Waals surface area contributed by atoms with E-state index in [9.17, 15) is 26.3 Å². The van der Waals surface area contributed by atoms with Gasteiger partial charge in [-0.25, -0.2) is 4.68 Å². The monoisotopic (exact) mass is 296 g/mol. The van der Waals surface area contributed by atoms with Gasteiger partial charge in [-0.1, -0.05) is 6.07 Å². The zero-order valence-electron chi connectivity index (χ0n) is 9.57. The van der Waals surface area contributed by atoms with E-state index in [2.05, 4.69) is 15.1 Å². The number of alkyl halides is 6. The predicted octanol–water partition coefficient (Wildman–Crippen LogP) is 2.76. The van der Waals surface area contributed by atoms with Crippen LogP contribution in [0, 0.1) is 0 Å². The Labute approximate surface area is 108 Å². The Kier molecular flexibility index (Phi) is 3.40. The first-order valence-electron chi connectivity index (χ1n) is 5.17. The first-order valence-corrected chi connectivity index (χ1v) is 5.17. The summed E-state index contributed by atoms with van der Waals surface area (Å²) in [6.07, 6.45) is -8.77. The van der Waals surface area contributed by atoms with Crippen LogP contribution in [0.3, 0.4) is 0 Å². The molecule has 4 nitrogen and oxygen atoms in total. The van der Waals surface area contributed by atoms with E-state index < -0.39 is 30.5 Å². The average Bonchev–Trinajstić information content (AvgIpc) is 2.74. The molecule has 0 aliphatic rings. The van der Waals surface area contributed by atoms with Gasteiger partial charge in [0.05, 0.1) is 12.2 Å². The number of rotatable bonds is 2. The summed E-state index contributed by atoms with van der Waals surface area (Å²) in [5.74, 6) is -3.55. The molecule has 0 N–H and O–H groups in total. The van der Waals surface area contributed by atoms with Gasteiger partial charge < -0.3 is 0 Å². The Balaban J connectivity index is 2.43. The van der Waals surface area contributed by atoms with Crippen LogP contribution in [0.15, 0.2) is 24.4 Å². The number of hydrogen-bond donors (Lipinski definition) is 0. The Morgan fingerprint density at radius 1 is 1.00 bits per heavy atom. The molecule has 0 aliphatic heterocycles. The molecule has 2 heterocycles. The first kappa shape index (κ1) is 14.3. The molecule has 0 amide bonds. The van der Waals surface area contributed by atoms with Crippen LogP contribution in [0.25, 0.3) is 0 Å². The van der Waals surface area contributed by atoms with Crippen molar-refractivity contribution in [3.8, 4) is 0 Å². The summed E-state index contributed by atoms with van der Waals surface area (Å²) in [6, 6.07) is 4.39. The van der Waals surface area contributed by atoms with E-state index in [0.717, 1.165) is 0 Å². The number of pyridine rings is 1. The van der Waals surface area contributed by atoms with Gasteiger partial charge in [0.2, 0.25) is 5.82 Å². The molecule has 0 saturated heterocycles. The quantitative estimate of drug-likeness (QED) is 0.800. The molecule has 10 heteroatoms. The van der Waals surface area contributed by atoms with Gasteiger partial charge in [0.1, 0.15) is 0 Å². The molecular weight excluding hydrogens is 290 g/mol. The lowest BCUT2D eigenvalue weighted by Gasteiger charge is -2.07. The van der Waals surface area contributed by atoms with Gasteiger partial charge >= 0.3 is 12.4 Å². The van der Waals surface area contributed by atoms with Crippen molar-refractivity contribution in [1.29, 1.82) is 0 Å². The third-order valence-corrected chi connectivity index (χ3v) is 2.22. The SMILES string of the molecule is FC(F)(F)c1nc(C(F)(F)F)n(Cc2ccccn2)n1. The molecule has 0 bridgehead atoms.